The highest BCUT2D eigenvalue weighted by Gasteiger charge is 2.50. The summed E-state index contributed by atoms with van der Waals surface area (Å²) in [7, 11) is 0. The third-order valence-corrected chi connectivity index (χ3v) is 4.17. The maximum Gasteiger partial charge on any atom is 0.258 e. The van der Waals surface area contributed by atoms with Crippen molar-refractivity contribution in [2.45, 2.75) is 71.3 Å². The van der Waals surface area contributed by atoms with E-state index in [2.05, 4.69) is 32.6 Å². The zero-order valence-electron chi connectivity index (χ0n) is 14.8. The Labute approximate surface area is 145 Å². The smallest absolute Gasteiger partial charge is 0.258 e. The van der Waals surface area contributed by atoms with Crippen LogP contribution in [-0.2, 0) is 9.53 Å². The summed E-state index contributed by atoms with van der Waals surface area (Å²) in [4.78, 5) is 15.3. The lowest BCUT2D eigenvalue weighted by atomic mass is 10.1. The molecule has 0 aromatic heterocycles. The Morgan fingerprint density at radius 1 is 1.18 bits per heavy atom. The average Bonchev–Trinajstić information content (AvgIpc) is 2.56. The molecule has 2 unspecified atom stereocenters. The third kappa shape index (κ3) is 4.73. The first-order chi connectivity index (χ1) is 9.97. The molecule has 0 aromatic rings. The summed E-state index contributed by atoms with van der Waals surface area (Å²) in [5, 5.41) is 0. The van der Waals surface area contributed by atoms with Crippen molar-refractivity contribution >= 4 is 29.1 Å². The molecular formula is C16H30Cl2N2O2. The van der Waals surface area contributed by atoms with E-state index in [1.165, 1.54) is 0 Å². The second-order valence-corrected chi connectivity index (χ2v) is 8.54. The zero-order valence-corrected chi connectivity index (χ0v) is 16.3. The molecule has 1 fully saturated rings. The van der Waals surface area contributed by atoms with Crippen molar-refractivity contribution in [3.8, 4) is 0 Å². The van der Waals surface area contributed by atoms with Crippen LogP contribution < -0.4 is 0 Å². The van der Waals surface area contributed by atoms with Gasteiger partial charge in [0.25, 0.3) is 5.91 Å². The number of carbonyl (C=O) groups excluding carboxylic acids is 1. The minimum absolute atomic E-state index is 0.0972. The number of nitrogens with zero attached hydrogens (tertiary/aromatic N) is 2. The van der Waals surface area contributed by atoms with E-state index in [1.54, 1.807) is 4.90 Å². The number of halogens is 2. The van der Waals surface area contributed by atoms with Gasteiger partial charge >= 0.3 is 0 Å². The van der Waals surface area contributed by atoms with Crippen LogP contribution in [0, 0.1) is 11.8 Å². The summed E-state index contributed by atoms with van der Waals surface area (Å²) in [5.74, 6) is 0.754. The van der Waals surface area contributed by atoms with E-state index in [1.807, 2.05) is 20.8 Å². The van der Waals surface area contributed by atoms with Crippen LogP contribution in [0.4, 0.5) is 0 Å². The molecule has 4 nitrogen and oxygen atoms in total. The lowest BCUT2D eigenvalue weighted by Crippen LogP contribution is -2.51. The first kappa shape index (κ1) is 20.0. The Morgan fingerprint density at radius 3 is 2.00 bits per heavy atom. The summed E-state index contributed by atoms with van der Waals surface area (Å²) >= 11 is 11.6. The van der Waals surface area contributed by atoms with Gasteiger partial charge in [-0.3, -0.25) is 9.69 Å². The first-order valence-corrected chi connectivity index (χ1v) is 8.87. The van der Waals surface area contributed by atoms with Crippen LogP contribution in [-0.4, -0.2) is 51.6 Å². The molecule has 22 heavy (non-hydrogen) atoms. The fourth-order valence-corrected chi connectivity index (χ4v) is 3.45. The van der Waals surface area contributed by atoms with E-state index >= 15 is 0 Å². The lowest BCUT2D eigenvalue weighted by molar-refractivity contribution is -0.150. The SMILES string of the molecule is CC(C)CN(CC(C)C)C1OC(C)(C)N(C(=O)C(Cl)Cl)C1C. The molecule has 1 aliphatic heterocycles. The average molecular weight is 353 g/mol. The van der Waals surface area contributed by atoms with Crippen molar-refractivity contribution in [3.05, 3.63) is 0 Å². The topological polar surface area (TPSA) is 32.8 Å². The van der Waals surface area contributed by atoms with Crippen molar-refractivity contribution in [1.29, 1.82) is 0 Å². The highest BCUT2D eigenvalue weighted by molar-refractivity contribution is 6.53. The zero-order chi connectivity index (χ0) is 17.2. The summed E-state index contributed by atoms with van der Waals surface area (Å²) in [5.41, 5.74) is -0.713. The largest absolute Gasteiger partial charge is 0.336 e. The van der Waals surface area contributed by atoms with Crippen molar-refractivity contribution in [2.75, 3.05) is 13.1 Å². The highest BCUT2D eigenvalue weighted by Crippen LogP contribution is 2.35. The molecule has 130 valence electrons. The Bertz CT molecular complexity index is 376. The maximum atomic E-state index is 12.3. The molecule has 0 spiro atoms. The van der Waals surface area contributed by atoms with Gasteiger partial charge in [-0.2, -0.15) is 0 Å². The molecule has 2 atom stereocenters. The van der Waals surface area contributed by atoms with Gasteiger partial charge in [0.2, 0.25) is 0 Å². The molecule has 0 bridgehead atoms. The van der Waals surface area contributed by atoms with Crippen molar-refractivity contribution in [2.24, 2.45) is 11.8 Å². The molecule has 1 saturated heterocycles. The monoisotopic (exact) mass is 352 g/mol. The van der Waals surface area contributed by atoms with Gasteiger partial charge in [-0.25, -0.2) is 0 Å². The van der Waals surface area contributed by atoms with Gasteiger partial charge in [0.15, 0.2) is 4.84 Å². The molecule has 0 aliphatic carbocycles. The minimum Gasteiger partial charge on any atom is -0.336 e. The molecule has 0 aromatic carbocycles. The second-order valence-electron chi connectivity index (χ2n) is 7.45. The van der Waals surface area contributed by atoms with E-state index in [0.717, 1.165) is 13.1 Å². The van der Waals surface area contributed by atoms with Crippen LogP contribution in [0.15, 0.2) is 0 Å². The summed E-state index contributed by atoms with van der Waals surface area (Å²) in [6.07, 6.45) is -0.143. The normalized spacial score (nSPS) is 25.0. The number of rotatable bonds is 6. The predicted octanol–water partition coefficient (Wildman–Crippen LogP) is 3.71. The van der Waals surface area contributed by atoms with Crippen LogP contribution in [0.3, 0.4) is 0 Å². The van der Waals surface area contributed by atoms with Crippen LogP contribution in [0.1, 0.15) is 48.5 Å². The number of carbonyl (C=O) groups is 1. The van der Waals surface area contributed by atoms with Gasteiger partial charge in [-0.1, -0.05) is 50.9 Å². The van der Waals surface area contributed by atoms with Gasteiger partial charge in [-0.15, -0.1) is 0 Å². The highest BCUT2D eigenvalue weighted by atomic mass is 35.5. The molecule has 1 heterocycles. The van der Waals surface area contributed by atoms with E-state index in [9.17, 15) is 4.79 Å². The molecule has 0 saturated carbocycles. The maximum absolute atomic E-state index is 12.3. The van der Waals surface area contributed by atoms with Crippen LogP contribution in [0.25, 0.3) is 0 Å². The molecule has 1 aliphatic rings. The van der Waals surface area contributed by atoms with Crippen LogP contribution >= 0.6 is 23.2 Å². The van der Waals surface area contributed by atoms with Gasteiger partial charge in [0.1, 0.15) is 12.0 Å². The standard InChI is InChI=1S/C16H30Cl2N2O2/c1-10(2)8-19(9-11(3)4)15-12(5)20(14(21)13(17)18)16(6,7)22-15/h10-13,15H,8-9H2,1-7H3. The summed E-state index contributed by atoms with van der Waals surface area (Å²) < 4.78 is 6.22. The van der Waals surface area contributed by atoms with E-state index in [4.69, 9.17) is 27.9 Å². The number of hydrogen-bond acceptors (Lipinski definition) is 3. The minimum atomic E-state index is -1.06. The third-order valence-electron chi connectivity index (χ3n) is 3.79. The van der Waals surface area contributed by atoms with Gasteiger partial charge in [0.05, 0.1) is 6.04 Å². The Morgan fingerprint density at radius 2 is 1.64 bits per heavy atom. The number of amides is 1. The molecule has 0 radical (unpaired) electrons. The van der Waals surface area contributed by atoms with Crippen molar-refractivity contribution in [3.63, 3.8) is 0 Å². The van der Waals surface area contributed by atoms with Crippen LogP contribution in [0.2, 0.25) is 0 Å². The molecule has 6 heteroatoms. The van der Waals surface area contributed by atoms with Crippen LogP contribution in [0.5, 0.6) is 0 Å². The van der Waals surface area contributed by atoms with Crippen molar-refractivity contribution in [1.82, 2.24) is 9.80 Å². The predicted molar refractivity (Wildman–Crippen MR) is 92.0 cm³/mol. The summed E-state index contributed by atoms with van der Waals surface area (Å²) in [6.45, 7) is 16.4. The Hall–Kier alpha value is -0.0300. The summed E-state index contributed by atoms with van der Waals surface area (Å²) in [6, 6.07) is -0.0972. The Kier molecular flexibility index (Phi) is 7.00. The van der Waals surface area contributed by atoms with Gasteiger partial charge < -0.3 is 9.64 Å². The van der Waals surface area contributed by atoms with Crippen molar-refractivity contribution < 1.29 is 9.53 Å². The Balaban J connectivity index is 3.01. The molecule has 1 amide bonds. The first-order valence-electron chi connectivity index (χ1n) is 8.00. The number of alkyl halides is 2. The molecule has 1 rings (SSSR count). The fourth-order valence-electron chi connectivity index (χ4n) is 3.24. The van der Waals surface area contributed by atoms with E-state index in [0.29, 0.717) is 11.8 Å². The van der Waals surface area contributed by atoms with E-state index in [-0.39, 0.29) is 18.2 Å². The fraction of sp³-hybridized carbons (Fsp3) is 0.938. The lowest BCUT2D eigenvalue weighted by Gasteiger charge is -2.34. The number of hydrogen-bond donors (Lipinski definition) is 0. The number of ether oxygens (including phenoxy) is 1. The second kappa shape index (κ2) is 7.69. The van der Waals surface area contributed by atoms with Gasteiger partial charge in [-0.05, 0) is 32.6 Å². The quantitative estimate of drug-likeness (QED) is 0.683. The van der Waals surface area contributed by atoms with E-state index < -0.39 is 10.6 Å². The molecule has 0 N–H and O–H groups in total. The van der Waals surface area contributed by atoms with Gasteiger partial charge in [0, 0.05) is 13.1 Å². The molecular weight excluding hydrogens is 323 g/mol.